The Morgan fingerprint density at radius 3 is 2.72 bits per heavy atom. The van der Waals surface area contributed by atoms with E-state index >= 15 is 0 Å². The lowest BCUT2D eigenvalue weighted by molar-refractivity contribution is 0.202. The summed E-state index contributed by atoms with van der Waals surface area (Å²) in [6.07, 6.45) is 2.12. The van der Waals surface area contributed by atoms with Crippen LogP contribution in [-0.2, 0) is 13.6 Å². The fourth-order valence-corrected chi connectivity index (χ4v) is 2.42. The maximum atomic E-state index is 4.39. The quantitative estimate of drug-likeness (QED) is 0.803. The van der Waals surface area contributed by atoms with Crippen molar-refractivity contribution in [2.45, 2.75) is 13.5 Å². The highest BCUT2D eigenvalue weighted by Gasteiger charge is 2.11. The molecule has 0 aliphatic carbocycles. The third kappa shape index (κ3) is 3.80. The maximum Gasteiger partial charge on any atom is 0.0638 e. The first-order valence-electron chi connectivity index (χ1n) is 6.76. The van der Waals surface area contributed by atoms with Gasteiger partial charge in [-0.15, -0.1) is 0 Å². The summed E-state index contributed by atoms with van der Waals surface area (Å²) < 4.78 is 1.90. The van der Waals surface area contributed by atoms with Crippen LogP contribution in [0.3, 0.4) is 0 Å². The van der Waals surface area contributed by atoms with Crippen LogP contribution in [0.5, 0.6) is 0 Å². The Labute approximate surface area is 110 Å². The Hall–Kier alpha value is -0.910. The summed E-state index contributed by atoms with van der Waals surface area (Å²) in [6, 6.07) is 0. The van der Waals surface area contributed by atoms with Crippen LogP contribution in [0.25, 0.3) is 0 Å². The van der Waals surface area contributed by atoms with Gasteiger partial charge in [0.2, 0.25) is 0 Å². The van der Waals surface area contributed by atoms with Crippen molar-refractivity contribution in [3.8, 4) is 0 Å². The van der Waals surface area contributed by atoms with Crippen molar-refractivity contribution in [1.82, 2.24) is 24.9 Å². The van der Waals surface area contributed by atoms with Gasteiger partial charge in [-0.3, -0.25) is 9.58 Å². The molecule has 18 heavy (non-hydrogen) atoms. The van der Waals surface area contributed by atoms with E-state index in [1.165, 1.54) is 18.7 Å². The molecule has 2 rings (SSSR count). The third-order valence-electron chi connectivity index (χ3n) is 3.56. The first kappa shape index (κ1) is 13.5. The predicted octanol–water partition coefficient (Wildman–Crippen LogP) is 0.0655. The van der Waals surface area contributed by atoms with Gasteiger partial charge in [0.1, 0.15) is 0 Å². The van der Waals surface area contributed by atoms with Gasteiger partial charge in [0.05, 0.1) is 5.69 Å². The van der Waals surface area contributed by atoms with Crippen molar-refractivity contribution in [2.75, 3.05) is 46.3 Å². The third-order valence-corrected chi connectivity index (χ3v) is 3.56. The number of nitrogens with zero attached hydrogens (tertiary/aromatic N) is 4. The van der Waals surface area contributed by atoms with Gasteiger partial charge in [-0.1, -0.05) is 0 Å². The average molecular weight is 251 g/mol. The Balaban J connectivity index is 1.74. The van der Waals surface area contributed by atoms with Crippen LogP contribution >= 0.6 is 0 Å². The number of likely N-dealkylation sites (N-methyl/N-ethyl adjacent to an activating group) is 1. The molecular formula is C13H25N5. The van der Waals surface area contributed by atoms with Gasteiger partial charge in [-0.05, 0) is 14.0 Å². The van der Waals surface area contributed by atoms with E-state index in [0.29, 0.717) is 0 Å². The fraction of sp³-hybridized carbons (Fsp3) is 0.769. The summed E-state index contributed by atoms with van der Waals surface area (Å²) in [7, 11) is 4.17. The van der Waals surface area contributed by atoms with E-state index in [9.17, 15) is 0 Å². The molecule has 1 saturated heterocycles. The summed E-state index contributed by atoms with van der Waals surface area (Å²) in [6.45, 7) is 9.98. The lowest BCUT2D eigenvalue weighted by atomic mass is 10.2. The Bertz CT molecular complexity index is 367. The Kier molecular flexibility index (Phi) is 4.74. The second-order valence-electron chi connectivity index (χ2n) is 5.24. The molecular weight excluding hydrogens is 226 g/mol. The van der Waals surface area contributed by atoms with Gasteiger partial charge in [-0.25, -0.2) is 0 Å². The number of nitrogens with one attached hydrogen (secondary N) is 1. The molecule has 5 heteroatoms. The summed E-state index contributed by atoms with van der Waals surface area (Å²) in [5.74, 6) is 0. The SMILES string of the molecule is Cc1nn(C)cc1CN(C)CCN1CCNCC1. The molecule has 1 fully saturated rings. The summed E-state index contributed by atoms with van der Waals surface area (Å²) in [4.78, 5) is 4.91. The Morgan fingerprint density at radius 1 is 1.39 bits per heavy atom. The van der Waals surface area contributed by atoms with E-state index in [2.05, 4.69) is 40.4 Å². The van der Waals surface area contributed by atoms with Gasteiger partial charge in [0.25, 0.3) is 0 Å². The van der Waals surface area contributed by atoms with Crippen LogP contribution in [0.4, 0.5) is 0 Å². The highest BCUT2D eigenvalue weighted by atomic mass is 15.3. The Morgan fingerprint density at radius 2 is 2.11 bits per heavy atom. The maximum absolute atomic E-state index is 4.39. The molecule has 0 unspecified atom stereocenters. The van der Waals surface area contributed by atoms with Crippen molar-refractivity contribution >= 4 is 0 Å². The minimum absolute atomic E-state index is 0.992. The number of aromatic nitrogens is 2. The minimum Gasteiger partial charge on any atom is -0.314 e. The van der Waals surface area contributed by atoms with Crippen molar-refractivity contribution < 1.29 is 0 Å². The molecule has 0 amide bonds. The molecule has 0 aromatic carbocycles. The van der Waals surface area contributed by atoms with Gasteiger partial charge in [0, 0.05) is 64.6 Å². The molecule has 0 saturated carbocycles. The van der Waals surface area contributed by atoms with E-state index in [1.807, 2.05) is 11.7 Å². The zero-order valence-corrected chi connectivity index (χ0v) is 11.8. The first-order chi connectivity index (χ1) is 8.65. The molecule has 2 heterocycles. The van der Waals surface area contributed by atoms with Gasteiger partial charge in [0.15, 0.2) is 0 Å². The van der Waals surface area contributed by atoms with E-state index in [0.717, 1.165) is 38.4 Å². The highest BCUT2D eigenvalue weighted by Crippen LogP contribution is 2.07. The second-order valence-corrected chi connectivity index (χ2v) is 5.24. The van der Waals surface area contributed by atoms with Crippen LogP contribution in [0.2, 0.25) is 0 Å². The summed E-state index contributed by atoms with van der Waals surface area (Å²) >= 11 is 0. The van der Waals surface area contributed by atoms with E-state index in [4.69, 9.17) is 0 Å². The van der Waals surface area contributed by atoms with E-state index in [1.54, 1.807) is 0 Å². The van der Waals surface area contributed by atoms with Gasteiger partial charge in [-0.2, -0.15) is 5.10 Å². The number of hydrogen-bond donors (Lipinski definition) is 1. The van der Waals surface area contributed by atoms with Gasteiger partial charge >= 0.3 is 0 Å². The second kappa shape index (κ2) is 6.31. The van der Waals surface area contributed by atoms with Crippen LogP contribution in [0.1, 0.15) is 11.3 Å². The number of aryl methyl sites for hydroxylation is 2. The van der Waals surface area contributed by atoms with E-state index in [-0.39, 0.29) is 0 Å². The standard InChI is InChI=1S/C13H25N5/c1-12-13(11-17(3)15-12)10-16(2)8-9-18-6-4-14-5-7-18/h11,14H,4-10H2,1-3H3. The largest absolute Gasteiger partial charge is 0.314 e. The summed E-state index contributed by atoms with van der Waals surface area (Å²) in [5, 5.41) is 7.77. The molecule has 0 spiro atoms. The predicted molar refractivity (Wildman–Crippen MR) is 73.6 cm³/mol. The van der Waals surface area contributed by atoms with Crippen LogP contribution in [0.15, 0.2) is 6.20 Å². The topological polar surface area (TPSA) is 36.3 Å². The molecule has 0 atom stereocenters. The lowest BCUT2D eigenvalue weighted by Gasteiger charge is -2.29. The van der Waals surface area contributed by atoms with Crippen molar-refractivity contribution in [3.63, 3.8) is 0 Å². The molecule has 102 valence electrons. The minimum atomic E-state index is 0.992. The molecule has 1 N–H and O–H groups in total. The zero-order valence-electron chi connectivity index (χ0n) is 11.8. The number of piperazine rings is 1. The molecule has 1 aromatic rings. The van der Waals surface area contributed by atoms with Crippen LogP contribution in [-0.4, -0.2) is 65.9 Å². The molecule has 1 aliphatic rings. The lowest BCUT2D eigenvalue weighted by Crippen LogP contribution is -2.45. The molecule has 0 radical (unpaired) electrons. The van der Waals surface area contributed by atoms with Gasteiger partial charge < -0.3 is 10.2 Å². The van der Waals surface area contributed by atoms with Crippen molar-refractivity contribution in [2.24, 2.45) is 7.05 Å². The normalized spacial score (nSPS) is 17.6. The van der Waals surface area contributed by atoms with Crippen LogP contribution in [0, 0.1) is 6.92 Å². The molecule has 1 aromatic heterocycles. The van der Waals surface area contributed by atoms with Crippen LogP contribution < -0.4 is 5.32 Å². The smallest absolute Gasteiger partial charge is 0.0638 e. The first-order valence-corrected chi connectivity index (χ1v) is 6.76. The fourth-order valence-electron chi connectivity index (χ4n) is 2.42. The zero-order chi connectivity index (χ0) is 13.0. The molecule has 1 aliphatic heterocycles. The molecule has 5 nitrogen and oxygen atoms in total. The summed E-state index contributed by atoms with van der Waals surface area (Å²) in [5.41, 5.74) is 2.48. The average Bonchev–Trinajstić information content (AvgIpc) is 2.67. The van der Waals surface area contributed by atoms with E-state index < -0.39 is 0 Å². The van der Waals surface area contributed by atoms with Crippen molar-refractivity contribution in [3.05, 3.63) is 17.5 Å². The van der Waals surface area contributed by atoms with Crippen molar-refractivity contribution in [1.29, 1.82) is 0 Å². The molecule has 0 bridgehead atoms. The monoisotopic (exact) mass is 251 g/mol. The highest BCUT2D eigenvalue weighted by molar-refractivity contribution is 5.14. The number of hydrogen-bond acceptors (Lipinski definition) is 4. The number of rotatable bonds is 5.